The number of Topliss-reactive ketones (excluding diaryl/α,β-unsaturated/α-hetero) is 1. The fourth-order valence-electron chi connectivity index (χ4n) is 1.60. The molecule has 0 saturated heterocycles. The van der Waals surface area contributed by atoms with Gasteiger partial charge in [-0.05, 0) is 18.2 Å². The minimum Gasteiger partial charge on any atom is -0.368 e. The molecule has 0 unspecified atom stereocenters. The van der Waals surface area contributed by atoms with Gasteiger partial charge in [0.15, 0.2) is 0 Å². The highest BCUT2D eigenvalue weighted by atomic mass is 32.1. The molecule has 0 saturated carbocycles. The first-order chi connectivity index (χ1) is 7.13. The van der Waals surface area contributed by atoms with Crippen molar-refractivity contribution in [1.29, 1.82) is 0 Å². The van der Waals surface area contributed by atoms with Gasteiger partial charge in [0.1, 0.15) is 10.7 Å². The molecular weight excluding hydrogens is 229 g/mol. The Bertz CT molecular complexity index is 495. The van der Waals surface area contributed by atoms with Crippen LogP contribution in [0.25, 0.3) is 0 Å². The molecule has 0 spiro atoms. The molecule has 3 nitrogen and oxygen atoms in total. The lowest BCUT2D eigenvalue weighted by Gasteiger charge is -2.26. The van der Waals surface area contributed by atoms with Gasteiger partial charge >= 0.3 is 0 Å². The normalized spacial score (nSPS) is 14.2. The first-order valence-corrected chi connectivity index (χ1v) is 5.08. The number of benzene rings is 1. The lowest BCUT2D eigenvalue weighted by atomic mass is 10.0. The summed E-state index contributed by atoms with van der Waals surface area (Å²) in [7, 11) is 1.72. The number of halogens is 1. The van der Waals surface area contributed by atoms with Crippen LogP contribution in [0, 0.1) is 5.82 Å². The van der Waals surface area contributed by atoms with Crippen LogP contribution in [0.2, 0.25) is 0 Å². The average molecular weight is 241 g/mol. The van der Waals surface area contributed by atoms with Gasteiger partial charge in [0, 0.05) is 12.6 Å². The molecule has 1 aliphatic heterocycles. The fraction of sp³-hybridized carbons (Fsp3) is 0.273. The number of carbonyl (C=O) groups excluding carboxylic acids is 1. The molecule has 0 aliphatic carbocycles. The molecule has 0 radical (unpaired) electrons. The first-order valence-electron chi connectivity index (χ1n) is 4.34. The standard InChI is InChI=1S/C10H8FNO2S.CH4/c1-12-5-9(15-14)10(13)7-3-2-6(11)4-8(7)12;/h2-4H,5H2,1H3;1H4. The summed E-state index contributed by atoms with van der Waals surface area (Å²) in [5.41, 5.74) is 0.932. The largest absolute Gasteiger partial charge is 0.368 e. The zero-order chi connectivity index (χ0) is 11.0. The molecule has 1 aromatic rings. The van der Waals surface area contributed by atoms with E-state index in [-0.39, 0.29) is 41.7 Å². The molecule has 0 aromatic heterocycles. The third-order valence-corrected chi connectivity index (χ3v) is 2.87. The molecule has 0 N–H and O–H groups in total. The molecule has 1 aliphatic rings. The van der Waals surface area contributed by atoms with Gasteiger partial charge in [-0.1, -0.05) is 7.43 Å². The maximum absolute atomic E-state index is 13.0. The van der Waals surface area contributed by atoms with Crippen molar-refractivity contribution in [2.75, 3.05) is 18.5 Å². The van der Waals surface area contributed by atoms with Crippen LogP contribution in [-0.4, -0.2) is 28.4 Å². The van der Waals surface area contributed by atoms with Gasteiger partial charge < -0.3 is 4.90 Å². The number of rotatable bonds is 0. The summed E-state index contributed by atoms with van der Waals surface area (Å²) in [5.74, 6) is -0.672. The number of anilines is 1. The Labute approximate surface area is 97.0 Å². The number of fused-ring (bicyclic) bond motifs is 1. The molecule has 2 rings (SSSR count). The van der Waals surface area contributed by atoms with E-state index in [0.717, 1.165) is 0 Å². The highest BCUT2D eigenvalue weighted by molar-refractivity contribution is 7.68. The van der Waals surface area contributed by atoms with Crippen LogP contribution in [0.4, 0.5) is 10.1 Å². The van der Waals surface area contributed by atoms with Crippen molar-refractivity contribution in [1.82, 2.24) is 0 Å². The molecule has 1 heterocycles. The van der Waals surface area contributed by atoms with Gasteiger partial charge in [0.2, 0.25) is 5.78 Å². The number of nitrogens with zero attached hydrogens (tertiary/aromatic N) is 1. The fourth-order valence-corrected chi connectivity index (χ4v) is 2.03. The van der Waals surface area contributed by atoms with E-state index < -0.39 is 0 Å². The number of hydrogen-bond acceptors (Lipinski definition) is 3. The predicted octanol–water partition coefficient (Wildman–Crippen LogP) is 1.48. The van der Waals surface area contributed by atoms with Crippen molar-refractivity contribution in [3.05, 3.63) is 29.6 Å². The van der Waals surface area contributed by atoms with Crippen LogP contribution < -0.4 is 4.90 Å². The summed E-state index contributed by atoms with van der Waals surface area (Å²) in [4.78, 5) is 13.6. The molecular formula is C11H12FNO2S. The summed E-state index contributed by atoms with van der Waals surface area (Å²) in [6.07, 6.45) is 0. The molecule has 0 amide bonds. The number of ketones is 1. The molecule has 0 fully saturated rings. The zero-order valence-electron chi connectivity index (χ0n) is 7.99. The van der Waals surface area contributed by atoms with Crippen molar-refractivity contribution in [3.8, 4) is 0 Å². The van der Waals surface area contributed by atoms with Crippen LogP contribution in [-0.2, 0) is 11.3 Å². The van der Waals surface area contributed by atoms with E-state index in [1.165, 1.54) is 18.2 Å². The lowest BCUT2D eigenvalue weighted by Crippen LogP contribution is -2.37. The smallest absolute Gasteiger partial charge is 0.205 e. The van der Waals surface area contributed by atoms with Gasteiger partial charge in [-0.2, -0.15) is 0 Å². The topological polar surface area (TPSA) is 37.4 Å². The molecule has 0 bridgehead atoms. The van der Waals surface area contributed by atoms with E-state index in [1.807, 2.05) is 0 Å². The SMILES string of the molecule is C.CN1CC(=S=O)C(=O)c2ccc(F)cc21. The lowest BCUT2D eigenvalue weighted by molar-refractivity contribution is 0.106. The quantitative estimate of drug-likeness (QED) is 0.646. The Morgan fingerprint density at radius 3 is 2.75 bits per heavy atom. The molecule has 86 valence electrons. The Balaban J connectivity index is 0.00000128. The van der Waals surface area contributed by atoms with E-state index in [9.17, 15) is 13.4 Å². The van der Waals surface area contributed by atoms with Gasteiger partial charge in [0.25, 0.3) is 0 Å². The van der Waals surface area contributed by atoms with Gasteiger partial charge in [0.05, 0.1) is 23.5 Å². The highest BCUT2D eigenvalue weighted by Gasteiger charge is 2.26. The van der Waals surface area contributed by atoms with E-state index in [2.05, 4.69) is 0 Å². The maximum atomic E-state index is 13.0. The van der Waals surface area contributed by atoms with Crippen LogP contribution >= 0.6 is 0 Å². The molecule has 1 aromatic carbocycles. The van der Waals surface area contributed by atoms with Crippen molar-refractivity contribution in [2.45, 2.75) is 7.43 Å². The minimum atomic E-state index is -0.383. The second-order valence-electron chi connectivity index (χ2n) is 3.35. The minimum absolute atomic E-state index is 0. The number of hydrogen-bond donors (Lipinski definition) is 0. The molecule has 5 heteroatoms. The Kier molecular flexibility index (Phi) is 3.59. The van der Waals surface area contributed by atoms with E-state index in [1.54, 1.807) is 11.9 Å². The van der Waals surface area contributed by atoms with Gasteiger partial charge in [-0.3, -0.25) is 4.79 Å². The summed E-state index contributed by atoms with van der Waals surface area (Å²) in [5, 5.41) is 0. The average Bonchev–Trinajstić information content (AvgIpc) is 2.23. The first kappa shape index (κ1) is 12.6. The van der Waals surface area contributed by atoms with Gasteiger partial charge in [-0.15, -0.1) is 0 Å². The second-order valence-corrected chi connectivity index (χ2v) is 4.01. The van der Waals surface area contributed by atoms with Crippen molar-refractivity contribution in [2.24, 2.45) is 0 Å². The Morgan fingerprint density at radius 2 is 2.12 bits per heavy atom. The van der Waals surface area contributed by atoms with Crippen LogP contribution in [0.1, 0.15) is 17.8 Å². The van der Waals surface area contributed by atoms with Crippen molar-refractivity contribution >= 4 is 27.6 Å². The second kappa shape index (κ2) is 4.57. The number of carbonyl (C=O) groups is 1. The summed E-state index contributed by atoms with van der Waals surface area (Å²) < 4.78 is 23.6. The van der Waals surface area contributed by atoms with Crippen molar-refractivity contribution in [3.63, 3.8) is 0 Å². The van der Waals surface area contributed by atoms with Gasteiger partial charge in [-0.25, -0.2) is 8.60 Å². The third kappa shape index (κ3) is 1.90. The Morgan fingerprint density at radius 1 is 1.44 bits per heavy atom. The zero-order valence-corrected chi connectivity index (χ0v) is 8.81. The monoisotopic (exact) mass is 241 g/mol. The van der Waals surface area contributed by atoms with Crippen molar-refractivity contribution < 1.29 is 13.4 Å². The highest BCUT2D eigenvalue weighted by Crippen LogP contribution is 2.25. The van der Waals surface area contributed by atoms with Crippen LogP contribution in [0.3, 0.4) is 0 Å². The maximum Gasteiger partial charge on any atom is 0.205 e. The van der Waals surface area contributed by atoms with E-state index in [4.69, 9.17) is 0 Å². The molecule has 16 heavy (non-hydrogen) atoms. The van der Waals surface area contributed by atoms with Crippen LogP contribution in [0.5, 0.6) is 0 Å². The van der Waals surface area contributed by atoms with E-state index in [0.29, 0.717) is 11.3 Å². The summed E-state index contributed by atoms with van der Waals surface area (Å²) in [6, 6.07) is 3.95. The molecule has 0 atom stereocenters. The summed E-state index contributed by atoms with van der Waals surface area (Å²) in [6.45, 7) is 0.253. The predicted molar refractivity (Wildman–Crippen MR) is 63.9 cm³/mol. The van der Waals surface area contributed by atoms with E-state index >= 15 is 0 Å². The Hall–Kier alpha value is -1.49. The summed E-state index contributed by atoms with van der Waals surface area (Å²) >= 11 is 0.207. The third-order valence-electron chi connectivity index (χ3n) is 2.35. The van der Waals surface area contributed by atoms with Crippen LogP contribution in [0.15, 0.2) is 18.2 Å².